The van der Waals surface area contributed by atoms with Crippen LogP contribution in [-0.4, -0.2) is 53.7 Å². The van der Waals surface area contributed by atoms with Gasteiger partial charge in [-0.1, -0.05) is 0 Å². The number of hydrogen-bond acceptors (Lipinski definition) is 5. The van der Waals surface area contributed by atoms with Crippen molar-refractivity contribution >= 4 is 31.3 Å². The fourth-order valence-electron chi connectivity index (χ4n) is 0.494. The van der Waals surface area contributed by atoms with Gasteiger partial charge in [-0.25, -0.2) is 0 Å². The van der Waals surface area contributed by atoms with Gasteiger partial charge in [-0.15, -0.1) is 0 Å². The first kappa shape index (κ1) is 7.96. The molecule has 0 aromatic rings. The van der Waals surface area contributed by atoms with Crippen molar-refractivity contribution in [2.75, 3.05) is 0 Å². The Labute approximate surface area is 66.7 Å². The zero-order chi connectivity index (χ0) is 7.72. The van der Waals surface area contributed by atoms with Gasteiger partial charge in [0.05, 0.1) is 0 Å². The van der Waals surface area contributed by atoms with E-state index < -0.39 is 43.5 Å². The van der Waals surface area contributed by atoms with E-state index in [-0.39, 0.29) is 0 Å². The van der Waals surface area contributed by atoms with E-state index in [1.165, 1.54) is 0 Å². The number of aliphatic hydroxyl groups is 2. The molecule has 0 saturated carbocycles. The quantitative estimate of drug-likeness (QED) is 0.461. The van der Waals surface area contributed by atoms with E-state index in [4.69, 9.17) is 10.2 Å². The van der Waals surface area contributed by atoms with E-state index in [2.05, 4.69) is 3.07 Å². The van der Waals surface area contributed by atoms with E-state index in [1.54, 1.807) is 0 Å². The molecule has 0 aliphatic carbocycles. The molecule has 0 amide bonds. The van der Waals surface area contributed by atoms with Gasteiger partial charge in [0.2, 0.25) is 0 Å². The predicted octanol–water partition coefficient (Wildman–Crippen LogP) is -2.59. The third kappa shape index (κ3) is 1.30. The van der Waals surface area contributed by atoms with Gasteiger partial charge in [0, 0.05) is 0 Å². The van der Waals surface area contributed by atoms with Crippen molar-refractivity contribution in [2.24, 2.45) is 0 Å². The molecule has 5 nitrogen and oxygen atoms in total. The van der Waals surface area contributed by atoms with Crippen LogP contribution in [0.3, 0.4) is 0 Å². The molecular formula is C4H4O5Sn. The van der Waals surface area contributed by atoms with Crippen LogP contribution in [0.25, 0.3) is 0 Å². The Morgan fingerprint density at radius 1 is 1.30 bits per heavy atom. The van der Waals surface area contributed by atoms with E-state index in [1.807, 2.05) is 0 Å². The van der Waals surface area contributed by atoms with E-state index in [0.29, 0.717) is 0 Å². The van der Waals surface area contributed by atoms with Gasteiger partial charge in [0.1, 0.15) is 0 Å². The SMILES string of the molecule is O=C1[O][Sn][C](=O)C(O)C1O. The monoisotopic (exact) mass is 252 g/mol. The van der Waals surface area contributed by atoms with Crippen LogP contribution in [-0.2, 0) is 12.7 Å². The number of carbonyl (C=O) groups excluding carboxylic acids is 2. The summed E-state index contributed by atoms with van der Waals surface area (Å²) in [7, 11) is 0. The molecule has 0 aromatic heterocycles. The van der Waals surface area contributed by atoms with Crippen molar-refractivity contribution in [2.45, 2.75) is 12.2 Å². The summed E-state index contributed by atoms with van der Waals surface area (Å²) in [5.74, 6) is -0.876. The molecular weight excluding hydrogens is 247 g/mol. The van der Waals surface area contributed by atoms with Crippen LogP contribution in [0, 0.1) is 0 Å². The molecule has 1 saturated heterocycles. The van der Waals surface area contributed by atoms with Gasteiger partial charge >= 0.3 is 66.4 Å². The van der Waals surface area contributed by atoms with E-state index in [0.717, 1.165) is 0 Å². The van der Waals surface area contributed by atoms with E-state index in [9.17, 15) is 9.59 Å². The summed E-state index contributed by atoms with van der Waals surface area (Å²) in [6.07, 6.45) is -3.20. The van der Waals surface area contributed by atoms with Crippen LogP contribution in [0.15, 0.2) is 0 Å². The van der Waals surface area contributed by atoms with Crippen molar-refractivity contribution in [1.82, 2.24) is 0 Å². The van der Waals surface area contributed by atoms with Gasteiger partial charge in [-0.05, 0) is 0 Å². The Bertz CT molecular complexity index is 158. The van der Waals surface area contributed by atoms with Crippen LogP contribution < -0.4 is 0 Å². The van der Waals surface area contributed by atoms with Crippen molar-refractivity contribution < 1.29 is 22.9 Å². The van der Waals surface area contributed by atoms with Crippen molar-refractivity contribution in [3.8, 4) is 0 Å². The molecule has 1 aliphatic heterocycles. The zero-order valence-electron chi connectivity index (χ0n) is 4.77. The topological polar surface area (TPSA) is 83.8 Å². The summed E-state index contributed by atoms with van der Waals surface area (Å²) in [6.45, 7) is 0. The number of aliphatic hydroxyl groups excluding tert-OH is 2. The predicted molar refractivity (Wildman–Crippen MR) is 28.9 cm³/mol. The van der Waals surface area contributed by atoms with Gasteiger partial charge in [-0.3, -0.25) is 0 Å². The van der Waals surface area contributed by atoms with E-state index >= 15 is 0 Å². The molecule has 1 fully saturated rings. The molecule has 1 heterocycles. The fourth-order valence-corrected chi connectivity index (χ4v) is 2.21. The van der Waals surface area contributed by atoms with Gasteiger partial charge < -0.3 is 0 Å². The van der Waals surface area contributed by atoms with Crippen LogP contribution >= 0.6 is 0 Å². The van der Waals surface area contributed by atoms with Crippen molar-refractivity contribution in [1.29, 1.82) is 0 Å². The number of hydrogen-bond donors (Lipinski definition) is 2. The Morgan fingerprint density at radius 3 is 2.40 bits per heavy atom. The Hall–Kier alpha value is -0.141. The maximum absolute atomic E-state index is 10.5. The summed E-state index contributed by atoms with van der Waals surface area (Å²) in [5.41, 5.74) is 0. The van der Waals surface area contributed by atoms with Crippen LogP contribution in [0.4, 0.5) is 0 Å². The van der Waals surface area contributed by atoms with Crippen LogP contribution in [0.1, 0.15) is 0 Å². The Morgan fingerprint density at radius 2 is 1.90 bits per heavy atom. The van der Waals surface area contributed by atoms with Crippen molar-refractivity contribution in [3.05, 3.63) is 0 Å². The summed E-state index contributed by atoms with van der Waals surface area (Å²) >= 11 is -1.85. The minimum absolute atomic E-state index is 0.504. The molecule has 1 aliphatic rings. The molecule has 6 heteroatoms. The second kappa shape index (κ2) is 2.85. The summed E-state index contributed by atoms with van der Waals surface area (Å²) < 4.78 is 3.84. The van der Waals surface area contributed by atoms with Gasteiger partial charge in [0.15, 0.2) is 0 Å². The fraction of sp³-hybridized carbons (Fsp3) is 0.500. The minimum atomic E-state index is -1.85. The number of rotatable bonds is 0. The van der Waals surface area contributed by atoms with Gasteiger partial charge in [-0.2, -0.15) is 0 Å². The molecule has 0 aromatic carbocycles. The third-order valence-electron chi connectivity index (χ3n) is 1.06. The molecule has 0 spiro atoms. The van der Waals surface area contributed by atoms with Gasteiger partial charge in [0.25, 0.3) is 0 Å². The first-order valence-corrected chi connectivity index (χ1v) is 5.09. The molecule has 2 unspecified atom stereocenters. The molecule has 2 N–H and O–H groups in total. The first-order valence-electron chi connectivity index (χ1n) is 2.49. The molecule has 10 heavy (non-hydrogen) atoms. The van der Waals surface area contributed by atoms with Crippen LogP contribution in [0.5, 0.6) is 0 Å². The average Bonchev–Trinajstić information content (AvgIpc) is 1.93. The average molecular weight is 251 g/mol. The molecule has 2 radical (unpaired) electrons. The second-order valence-corrected chi connectivity index (χ2v) is 4.35. The second-order valence-electron chi connectivity index (χ2n) is 1.78. The summed E-state index contributed by atoms with van der Waals surface area (Å²) in [4.78, 5) is 20.9. The third-order valence-corrected chi connectivity index (χ3v) is 3.35. The van der Waals surface area contributed by atoms with Crippen LogP contribution in [0.2, 0.25) is 0 Å². The summed E-state index contributed by atoms with van der Waals surface area (Å²) in [6, 6.07) is 0. The normalized spacial score (nSPS) is 33.8. The number of carbonyl (C=O) groups is 2. The van der Waals surface area contributed by atoms with Crippen molar-refractivity contribution in [3.63, 3.8) is 0 Å². The maximum atomic E-state index is 10.5. The Balaban J connectivity index is 2.69. The molecule has 0 bridgehead atoms. The molecule has 2 atom stereocenters. The first-order chi connectivity index (χ1) is 4.63. The summed E-state index contributed by atoms with van der Waals surface area (Å²) in [5, 5.41) is 17.5. The zero-order valence-corrected chi connectivity index (χ0v) is 7.63. The molecule has 54 valence electrons. The molecule has 1 rings (SSSR count). The Kier molecular flexibility index (Phi) is 2.27. The standard InChI is InChI=1S/C4H5O5.Sn/c5-1-2(6)3(7)4(8)9;/h2-3,6-7H,(H,8,9);/q;+1/p-1.